The fourth-order valence-electron chi connectivity index (χ4n) is 7.25. The second-order valence-electron chi connectivity index (χ2n) is 14.4. The largest absolute Gasteiger partial charge is 0.477 e. The fraction of sp³-hybridized carbons (Fsp3) is 0.375. The number of anilines is 2. The molecule has 4 N–H and O–H groups in total. The number of hydrogen-bond donors (Lipinski definition) is 4. The molecule has 56 heavy (non-hydrogen) atoms. The summed E-state index contributed by atoms with van der Waals surface area (Å²) >= 11 is 0. The summed E-state index contributed by atoms with van der Waals surface area (Å²) in [6.45, 7) is 6.03. The first kappa shape index (κ1) is 38.3. The van der Waals surface area contributed by atoms with Gasteiger partial charge in [-0.25, -0.2) is 13.5 Å². The zero-order valence-electron chi connectivity index (χ0n) is 31.4. The summed E-state index contributed by atoms with van der Waals surface area (Å²) in [5.41, 5.74) is 4.24. The molecular weight excluding hydrogens is 724 g/mol. The third-order valence-electron chi connectivity index (χ3n) is 10.1. The highest BCUT2D eigenvalue weighted by molar-refractivity contribution is 6.19. The molecule has 0 aliphatic carbocycles. The van der Waals surface area contributed by atoms with E-state index in [0.717, 1.165) is 24.2 Å². The zero-order valence-corrected chi connectivity index (χ0v) is 31.4. The SMILES string of the molecule is Cc1cc2cc(n1)-c1cnn(C)c1OCCC[C@@H](C)CN1/C(=N/C2=O)Nc2ccc(C(=O)NCCNCCc3cc(F)c([C@H]4CCC(=O)NC4=O)c(F)c3)cc21. The first-order valence-corrected chi connectivity index (χ1v) is 18.7. The van der Waals surface area contributed by atoms with Crippen LogP contribution in [0.2, 0.25) is 0 Å². The number of guanidine groups is 1. The predicted molar refractivity (Wildman–Crippen MR) is 205 cm³/mol. The number of aliphatic imine (C=N–C) groups is 1. The number of amides is 4. The molecule has 292 valence electrons. The van der Waals surface area contributed by atoms with E-state index >= 15 is 0 Å². The minimum Gasteiger partial charge on any atom is -0.477 e. The highest BCUT2D eigenvalue weighted by Gasteiger charge is 2.33. The van der Waals surface area contributed by atoms with Gasteiger partial charge in [-0.2, -0.15) is 10.1 Å². The number of aromatic nitrogens is 3. The number of nitrogens with zero attached hydrogens (tertiary/aromatic N) is 5. The first-order chi connectivity index (χ1) is 26.9. The number of nitrogens with one attached hydrogen (secondary N) is 4. The number of piperidine rings is 1. The van der Waals surface area contributed by atoms with Gasteiger partial charge in [-0.15, -0.1) is 0 Å². The van der Waals surface area contributed by atoms with E-state index in [0.29, 0.717) is 84.7 Å². The number of hydrogen-bond acceptors (Lipinski definition) is 10. The molecule has 3 aliphatic heterocycles. The van der Waals surface area contributed by atoms with Gasteiger partial charge in [0.05, 0.1) is 41.4 Å². The maximum absolute atomic E-state index is 14.9. The van der Waals surface area contributed by atoms with E-state index in [9.17, 15) is 28.0 Å². The van der Waals surface area contributed by atoms with Crippen LogP contribution in [0.1, 0.15) is 76.1 Å². The number of aryl methyl sites for hydroxylation is 2. The minimum atomic E-state index is -1.05. The van der Waals surface area contributed by atoms with Crippen LogP contribution in [0.25, 0.3) is 11.3 Å². The summed E-state index contributed by atoms with van der Waals surface area (Å²) in [7, 11) is 1.80. The van der Waals surface area contributed by atoms with Crippen LogP contribution in [-0.4, -0.2) is 77.1 Å². The summed E-state index contributed by atoms with van der Waals surface area (Å²) < 4.78 is 37.6. The van der Waals surface area contributed by atoms with Crippen LogP contribution in [-0.2, 0) is 23.1 Å². The maximum Gasteiger partial charge on any atom is 0.280 e. The van der Waals surface area contributed by atoms with Crippen molar-refractivity contribution in [2.75, 3.05) is 43.0 Å². The fourth-order valence-corrected chi connectivity index (χ4v) is 7.25. The molecule has 7 rings (SSSR count). The molecule has 4 amide bonds. The molecule has 14 nitrogen and oxygen atoms in total. The minimum absolute atomic E-state index is 0.0243. The first-order valence-electron chi connectivity index (χ1n) is 18.7. The number of imide groups is 1. The van der Waals surface area contributed by atoms with E-state index in [1.807, 2.05) is 11.8 Å². The summed E-state index contributed by atoms with van der Waals surface area (Å²) in [4.78, 5) is 61.7. The molecule has 0 unspecified atom stereocenters. The third kappa shape index (κ3) is 8.29. The van der Waals surface area contributed by atoms with E-state index < -0.39 is 35.3 Å². The van der Waals surface area contributed by atoms with Gasteiger partial charge in [-0.05, 0) is 93.1 Å². The Morgan fingerprint density at radius 1 is 1.02 bits per heavy atom. The lowest BCUT2D eigenvalue weighted by Gasteiger charge is -2.23. The second-order valence-corrected chi connectivity index (χ2v) is 14.4. The molecular formula is C40H43F2N9O5. The van der Waals surface area contributed by atoms with Crippen molar-refractivity contribution in [2.45, 2.75) is 51.9 Å². The van der Waals surface area contributed by atoms with E-state index in [4.69, 9.17) is 4.74 Å². The lowest BCUT2D eigenvalue weighted by Crippen LogP contribution is -2.40. The number of halogens is 2. The van der Waals surface area contributed by atoms with Gasteiger partial charge in [-0.3, -0.25) is 29.5 Å². The van der Waals surface area contributed by atoms with Crippen LogP contribution in [0.15, 0.2) is 53.7 Å². The van der Waals surface area contributed by atoms with Crippen LogP contribution in [0.4, 0.5) is 20.2 Å². The molecule has 2 bridgehead atoms. The highest BCUT2D eigenvalue weighted by Crippen LogP contribution is 2.36. The summed E-state index contributed by atoms with van der Waals surface area (Å²) in [5, 5.41) is 15.9. The van der Waals surface area contributed by atoms with Gasteiger partial charge in [-0.1, -0.05) is 6.92 Å². The summed E-state index contributed by atoms with van der Waals surface area (Å²) in [6, 6.07) is 11.1. The number of pyridine rings is 1. The maximum atomic E-state index is 14.9. The Hall–Kier alpha value is -6.03. The molecule has 0 radical (unpaired) electrons. The monoisotopic (exact) mass is 767 g/mol. The number of carbonyl (C=O) groups is 4. The molecule has 1 fully saturated rings. The quantitative estimate of drug-likeness (QED) is 0.149. The Morgan fingerprint density at radius 3 is 2.61 bits per heavy atom. The zero-order chi connectivity index (χ0) is 39.5. The Bertz CT molecular complexity index is 2220. The standard InChI is InChI=1S/C40H43F2N9O5/c1-22-5-4-14-56-39-28(20-45-50(39)3)32-18-26(15-23(2)46-32)37(54)49-40-47-31-8-6-25(19-33(31)51(40)21-22)36(53)44-13-12-43-11-10-24-16-29(41)35(30(42)17-24)27-7-9-34(52)48-38(27)55/h6,8,15-20,22,27,43H,4-5,7,9-14,21H2,1-3H3,(H,44,53)(H,47,49,54)(H,48,52,55)/t22-,27-/m1/s1. The van der Waals surface area contributed by atoms with Crippen LogP contribution < -0.4 is 30.9 Å². The van der Waals surface area contributed by atoms with Gasteiger partial charge in [0.25, 0.3) is 11.8 Å². The summed E-state index contributed by atoms with van der Waals surface area (Å²) in [6.07, 6.45) is 3.68. The highest BCUT2D eigenvalue weighted by atomic mass is 19.1. The van der Waals surface area contributed by atoms with Crippen molar-refractivity contribution in [3.05, 3.63) is 88.2 Å². The average Bonchev–Trinajstić information content (AvgIpc) is 3.69. The van der Waals surface area contributed by atoms with Gasteiger partial charge in [0, 0.05) is 55.5 Å². The molecule has 2 atom stereocenters. The average molecular weight is 768 g/mol. The number of rotatable bonds is 8. The third-order valence-corrected chi connectivity index (χ3v) is 10.1. The molecule has 0 spiro atoms. The van der Waals surface area contributed by atoms with Gasteiger partial charge >= 0.3 is 0 Å². The van der Waals surface area contributed by atoms with E-state index in [-0.39, 0.29) is 30.2 Å². The lowest BCUT2D eigenvalue weighted by atomic mass is 9.89. The number of ether oxygens (including phenoxy) is 1. The number of fused-ring (bicyclic) bond motifs is 7. The van der Waals surface area contributed by atoms with Gasteiger partial charge in [0.2, 0.25) is 23.7 Å². The van der Waals surface area contributed by atoms with Crippen LogP contribution in [0.3, 0.4) is 0 Å². The Labute approximate surface area is 322 Å². The molecule has 3 aliphatic rings. The van der Waals surface area contributed by atoms with Crippen molar-refractivity contribution in [3.63, 3.8) is 0 Å². The molecule has 16 heteroatoms. The Morgan fingerprint density at radius 2 is 1.82 bits per heavy atom. The Kier molecular flexibility index (Phi) is 11.2. The molecule has 4 aromatic rings. The van der Waals surface area contributed by atoms with Crippen LogP contribution in [0, 0.1) is 24.5 Å². The van der Waals surface area contributed by atoms with Crippen molar-refractivity contribution in [3.8, 4) is 17.1 Å². The van der Waals surface area contributed by atoms with Gasteiger partial charge in [0.1, 0.15) is 11.6 Å². The predicted octanol–water partition coefficient (Wildman–Crippen LogP) is 4.39. The van der Waals surface area contributed by atoms with E-state index in [1.165, 1.54) is 12.1 Å². The molecule has 2 aromatic heterocycles. The van der Waals surface area contributed by atoms with Crippen molar-refractivity contribution >= 4 is 41.0 Å². The van der Waals surface area contributed by atoms with Gasteiger partial charge < -0.3 is 25.6 Å². The second kappa shape index (κ2) is 16.4. The molecule has 2 aromatic carbocycles. The number of carbonyl (C=O) groups excluding carboxylic acids is 4. The van der Waals surface area contributed by atoms with E-state index in [2.05, 4.69) is 43.3 Å². The van der Waals surface area contributed by atoms with Crippen molar-refractivity contribution in [1.82, 2.24) is 30.7 Å². The van der Waals surface area contributed by atoms with Crippen LogP contribution in [0.5, 0.6) is 5.88 Å². The van der Waals surface area contributed by atoms with Gasteiger partial charge in [0.15, 0.2) is 0 Å². The summed E-state index contributed by atoms with van der Waals surface area (Å²) in [5.74, 6) is -3.45. The van der Waals surface area contributed by atoms with Crippen molar-refractivity contribution in [1.29, 1.82) is 0 Å². The van der Waals surface area contributed by atoms with Crippen molar-refractivity contribution < 1.29 is 32.7 Å². The molecule has 5 heterocycles. The van der Waals surface area contributed by atoms with Crippen LogP contribution >= 0.6 is 0 Å². The topological polar surface area (TPSA) is 172 Å². The van der Waals surface area contributed by atoms with Crippen molar-refractivity contribution in [2.24, 2.45) is 18.0 Å². The van der Waals surface area contributed by atoms with E-state index in [1.54, 1.807) is 48.3 Å². The molecule has 1 saturated heterocycles. The molecule has 0 saturated carbocycles. The smallest absolute Gasteiger partial charge is 0.280 e. The number of benzene rings is 2. The Balaban J connectivity index is 0.983. The lowest BCUT2D eigenvalue weighted by molar-refractivity contribution is -0.134. The normalized spacial score (nSPS) is 19.3.